The van der Waals surface area contributed by atoms with Crippen molar-refractivity contribution in [3.05, 3.63) is 75.7 Å². The molecule has 1 atom stereocenters. The molecule has 3 aromatic heterocycles. The molecule has 0 aliphatic rings. The van der Waals surface area contributed by atoms with Gasteiger partial charge in [0, 0.05) is 12.3 Å². The largest absolute Gasteiger partial charge is 0.418 e. The number of nitrogens with one attached hydrogen (secondary N) is 1. The number of fused-ring (bicyclic) bond motifs is 1. The molecule has 0 saturated heterocycles. The third-order valence-electron chi connectivity index (χ3n) is 4.85. The van der Waals surface area contributed by atoms with Gasteiger partial charge in [0.1, 0.15) is 46.7 Å². The van der Waals surface area contributed by atoms with E-state index < -0.39 is 46.2 Å². The molecular weight excluding hydrogens is 463 g/mol. The summed E-state index contributed by atoms with van der Waals surface area (Å²) in [6.07, 6.45) is -2.87. The molecule has 3 heterocycles. The number of halogens is 5. The summed E-state index contributed by atoms with van der Waals surface area (Å²) in [6, 6.07) is 3.56. The van der Waals surface area contributed by atoms with Crippen LogP contribution in [0.25, 0.3) is 11.2 Å². The minimum atomic E-state index is -4.88. The summed E-state index contributed by atoms with van der Waals surface area (Å²) in [6.45, 7) is 1.45. The van der Waals surface area contributed by atoms with Crippen LogP contribution in [0.1, 0.15) is 29.9 Å². The highest BCUT2D eigenvalue weighted by molar-refractivity contribution is 5.62. The van der Waals surface area contributed by atoms with Crippen molar-refractivity contribution in [2.75, 3.05) is 11.1 Å². The fourth-order valence-corrected chi connectivity index (χ4v) is 3.40. The van der Waals surface area contributed by atoms with Gasteiger partial charge in [-0.15, -0.1) is 0 Å². The van der Waals surface area contributed by atoms with Crippen LogP contribution in [0.15, 0.2) is 41.6 Å². The predicted octanol–water partition coefficient (Wildman–Crippen LogP) is 3.20. The van der Waals surface area contributed by atoms with Gasteiger partial charge >= 0.3 is 6.18 Å². The van der Waals surface area contributed by atoms with Crippen LogP contribution in [0.5, 0.6) is 0 Å². The Hall–Kier alpha value is -4.54. The minimum Gasteiger partial charge on any atom is -0.382 e. The van der Waals surface area contributed by atoms with Gasteiger partial charge < -0.3 is 11.1 Å². The second-order valence-corrected chi connectivity index (χ2v) is 7.11. The smallest absolute Gasteiger partial charge is 0.382 e. The van der Waals surface area contributed by atoms with Crippen molar-refractivity contribution >= 4 is 17.2 Å². The Labute approximate surface area is 186 Å². The topological polar surface area (TPSA) is 127 Å². The number of nitrogen functional groups attached to an aromatic ring is 1. The fraction of sp³-hybridized carbons (Fsp3) is 0.150. The number of nitrogens with zero attached hydrogens (tertiary/aromatic N) is 6. The maximum Gasteiger partial charge on any atom is 0.418 e. The van der Waals surface area contributed by atoms with Crippen molar-refractivity contribution in [1.82, 2.24) is 24.1 Å². The predicted molar refractivity (Wildman–Crippen MR) is 109 cm³/mol. The van der Waals surface area contributed by atoms with Crippen molar-refractivity contribution in [2.45, 2.75) is 19.1 Å². The molecule has 4 rings (SSSR count). The molecule has 0 fully saturated rings. The lowest BCUT2D eigenvalue weighted by Crippen LogP contribution is -2.30. The van der Waals surface area contributed by atoms with Crippen LogP contribution in [0.2, 0.25) is 0 Å². The average molecular weight is 476 g/mol. The molecule has 0 aliphatic carbocycles. The maximum atomic E-state index is 13.9. The third kappa shape index (κ3) is 3.87. The van der Waals surface area contributed by atoms with Crippen molar-refractivity contribution in [1.29, 1.82) is 5.26 Å². The summed E-state index contributed by atoms with van der Waals surface area (Å²) < 4.78 is 69.7. The minimum absolute atomic E-state index is 0.0442. The normalized spacial score (nSPS) is 12.5. The highest BCUT2D eigenvalue weighted by atomic mass is 19.4. The maximum absolute atomic E-state index is 13.9. The number of anilines is 2. The molecule has 0 bridgehead atoms. The summed E-state index contributed by atoms with van der Waals surface area (Å²) in [5, 5.41) is 16.2. The van der Waals surface area contributed by atoms with E-state index in [1.807, 2.05) is 6.07 Å². The summed E-state index contributed by atoms with van der Waals surface area (Å²) in [5.74, 6) is -2.53. The van der Waals surface area contributed by atoms with Crippen molar-refractivity contribution in [3.8, 4) is 11.8 Å². The molecule has 0 unspecified atom stereocenters. The molecule has 34 heavy (non-hydrogen) atoms. The summed E-state index contributed by atoms with van der Waals surface area (Å²) in [5.41, 5.74) is 1.83. The molecule has 174 valence electrons. The molecule has 0 aliphatic heterocycles. The van der Waals surface area contributed by atoms with E-state index >= 15 is 0 Å². The number of aromatic nitrogens is 5. The summed E-state index contributed by atoms with van der Waals surface area (Å²) in [7, 11) is 0. The number of nitriles is 1. The Morgan fingerprint density at radius 2 is 1.85 bits per heavy atom. The summed E-state index contributed by atoms with van der Waals surface area (Å²) >= 11 is 0. The van der Waals surface area contributed by atoms with E-state index in [2.05, 4.69) is 20.4 Å². The molecule has 1 aromatic carbocycles. The second kappa shape index (κ2) is 8.10. The quantitative estimate of drug-likeness (QED) is 0.433. The zero-order valence-electron chi connectivity index (χ0n) is 17.1. The molecule has 0 saturated carbocycles. The zero-order valence-corrected chi connectivity index (χ0v) is 17.1. The van der Waals surface area contributed by atoms with Gasteiger partial charge in [0.15, 0.2) is 5.82 Å². The van der Waals surface area contributed by atoms with E-state index in [9.17, 15) is 32.0 Å². The number of alkyl halides is 3. The van der Waals surface area contributed by atoms with E-state index in [0.717, 1.165) is 29.2 Å². The Morgan fingerprint density at radius 3 is 2.47 bits per heavy atom. The SMILES string of the molecule is C[C@H](Nc1ncnc(N)c1C#N)c1nn2ccc(C(F)(F)F)c2c(=O)n1-c1cc(F)cc(F)c1. The highest BCUT2D eigenvalue weighted by Gasteiger charge is 2.36. The van der Waals surface area contributed by atoms with Crippen molar-refractivity contribution in [3.63, 3.8) is 0 Å². The first-order valence-corrected chi connectivity index (χ1v) is 9.46. The van der Waals surface area contributed by atoms with Gasteiger partial charge in [0.05, 0.1) is 17.3 Å². The average Bonchev–Trinajstić information content (AvgIpc) is 3.18. The first-order valence-electron chi connectivity index (χ1n) is 9.46. The number of benzene rings is 1. The van der Waals surface area contributed by atoms with E-state index in [0.29, 0.717) is 16.7 Å². The van der Waals surface area contributed by atoms with Crippen LogP contribution < -0.4 is 16.6 Å². The molecular formula is C20H13F5N8O. The fourth-order valence-electron chi connectivity index (χ4n) is 3.40. The standard InChI is InChI=1S/C20H13F5N8O/c1-9(30-17-13(7-26)16(27)28-8-29-17)18-31-32-3-2-14(20(23,24)25)15(32)19(34)33(18)12-5-10(21)4-11(22)6-12/h2-6,8-9H,1H3,(H3,27,28,29,30)/t9-/m0/s1. The van der Waals surface area contributed by atoms with Crippen LogP contribution in [0.4, 0.5) is 33.6 Å². The molecule has 9 nitrogen and oxygen atoms in total. The highest BCUT2D eigenvalue weighted by Crippen LogP contribution is 2.32. The van der Waals surface area contributed by atoms with Gasteiger partial charge in [0.25, 0.3) is 5.56 Å². The number of hydrogen-bond donors (Lipinski definition) is 2. The molecule has 4 aromatic rings. The second-order valence-electron chi connectivity index (χ2n) is 7.11. The monoisotopic (exact) mass is 476 g/mol. The van der Waals surface area contributed by atoms with Crippen LogP contribution in [-0.2, 0) is 6.18 Å². The first kappa shape index (κ1) is 22.6. The van der Waals surface area contributed by atoms with Gasteiger partial charge in [-0.25, -0.2) is 23.3 Å². The number of nitrogens with two attached hydrogens (primary N) is 1. The lowest BCUT2D eigenvalue weighted by atomic mass is 10.2. The molecule has 3 N–H and O–H groups in total. The Kier molecular flexibility index (Phi) is 5.40. The lowest BCUT2D eigenvalue weighted by molar-refractivity contribution is -0.136. The third-order valence-corrected chi connectivity index (χ3v) is 4.85. The van der Waals surface area contributed by atoms with E-state index in [1.165, 1.54) is 6.92 Å². The van der Waals surface area contributed by atoms with E-state index in [4.69, 9.17) is 5.73 Å². The van der Waals surface area contributed by atoms with Crippen LogP contribution >= 0.6 is 0 Å². The number of rotatable bonds is 4. The van der Waals surface area contributed by atoms with Crippen LogP contribution in [0, 0.1) is 23.0 Å². The molecule has 0 radical (unpaired) electrons. The van der Waals surface area contributed by atoms with Gasteiger partial charge in [-0.05, 0) is 25.1 Å². The van der Waals surface area contributed by atoms with E-state index in [1.54, 1.807) is 0 Å². The number of hydrogen-bond acceptors (Lipinski definition) is 7. The zero-order chi connectivity index (χ0) is 24.8. The van der Waals surface area contributed by atoms with Gasteiger partial charge in [-0.2, -0.15) is 23.5 Å². The first-order chi connectivity index (χ1) is 16.0. The van der Waals surface area contributed by atoms with Gasteiger partial charge in [-0.3, -0.25) is 9.36 Å². The summed E-state index contributed by atoms with van der Waals surface area (Å²) in [4.78, 5) is 20.9. The van der Waals surface area contributed by atoms with Crippen LogP contribution in [0.3, 0.4) is 0 Å². The van der Waals surface area contributed by atoms with Crippen molar-refractivity contribution in [2.24, 2.45) is 0 Å². The molecule has 0 amide bonds. The lowest BCUT2D eigenvalue weighted by Gasteiger charge is -2.20. The van der Waals surface area contributed by atoms with Gasteiger partial charge in [0.2, 0.25) is 0 Å². The molecule has 14 heteroatoms. The Morgan fingerprint density at radius 1 is 1.18 bits per heavy atom. The van der Waals surface area contributed by atoms with E-state index in [-0.39, 0.29) is 23.0 Å². The van der Waals surface area contributed by atoms with Crippen molar-refractivity contribution < 1.29 is 22.0 Å². The molecule has 0 spiro atoms. The van der Waals surface area contributed by atoms with Crippen LogP contribution in [-0.4, -0.2) is 24.1 Å². The Balaban J connectivity index is 1.99. The van der Waals surface area contributed by atoms with Gasteiger partial charge in [-0.1, -0.05) is 0 Å². The Bertz CT molecular complexity index is 1500.